The van der Waals surface area contributed by atoms with Gasteiger partial charge in [0, 0.05) is 37.6 Å². The number of carbonyl (C=O) groups excluding carboxylic acids is 2. The largest absolute Gasteiger partial charge is 0.352 e. The molecule has 0 unspecified atom stereocenters. The highest BCUT2D eigenvalue weighted by Crippen LogP contribution is 2.17. The number of piperidine rings is 1. The van der Waals surface area contributed by atoms with Crippen LogP contribution in [0.4, 0.5) is 4.79 Å². The predicted octanol–water partition coefficient (Wildman–Crippen LogP) is 2.03. The Hall–Kier alpha value is -2.11. The molecule has 0 bridgehead atoms. The fraction of sp³-hybridized carbons (Fsp3) is 0.588. The van der Waals surface area contributed by atoms with E-state index in [1.807, 2.05) is 25.7 Å². The van der Waals surface area contributed by atoms with Gasteiger partial charge in [-0.05, 0) is 51.7 Å². The number of rotatable bonds is 3. The van der Waals surface area contributed by atoms with Crippen LogP contribution in [0.5, 0.6) is 0 Å². The highest BCUT2D eigenvalue weighted by molar-refractivity contribution is 5.93. The summed E-state index contributed by atoms with van der Waals surface area (Å²) in [4.78, 5) is 29.9. The Morgan fingerprint density at radius 2 is 2.00 bits per heavy atom. The van der Waals surface area contributed by atoms with Gasteiger partial charge < -0.3 is 15.5 Å². The quantitative estimate of drug-likeness (QED) is 0.895. The Labute approximate surface area is 137 Å². The highest BCUT2D eigenvalue weighted by Gasteiger charge is 2.25. The summed E-state index contributed by atoms with van der Waals surface area (Å²) in [6.45, 7) is 8.04. The summed E-state index contributed by atoms with van der Waals surface area (Å²) in [7, 11) is 0. The van der Waals surface area contributed by atoms with Crippen molar-refractivity contribution in [2.45, 2.75) is 39.2 Å². The molecule has 1 fully saturated rings. The molecule has 0 saturated carbocycles. The van der Waals surface area contributed by atoms with Crippen molar-refractivity contribution in [2.75, 3.05) is 19.6 Å². The van der Waals surface area contributed by atoms with Crippen LogP contribution in [0, 0.1) is 5.92 Å². The maximum atomic E-state index is 12.1. The summed E-state index contributed by atoms with van der Waals surface area (Å²) in [5.41, 5.74) is 0.362. The molecule has 1 saturated heterocycles. The molecule has 126 valence electrons. The smallest absolute Gasteiger partial charge is 0.317 e. The van der Waals surface area contributed by atoms with E-state index in [9.17, 15) is 9.59 Å². The molecule has 3 amide bonds. The summed E-state index contributed by atoms with van der Waals surface area (Å²) in [6.07, 6.45) is 5.03. The molecule has 1 aromatic heterocycles. The standard InChI is InChI=1S/C17H26N4O2/c1-17(2,3)20-16(23)21-9-6-13(7-10-21)11-19-15(22)14-5-4-8-18-12-14/h4-5,8,12-13H,6-7,9-11H2,1-3H3,(H,19,22)(H,20,23). The molecule has 0 aromatic carbocycles. The second-order valence-electron chi connectivity index (χ2n) is 7.06. The molecule has 1 aliphatic rings. The zero-order chi connectivity index (χ0) is 16.9. The Bertz CT molecular complexity index is 531. The van der Waals surface area contributed by atoms with Crippen molar-refractivity contribution in [3.63, 3.8) is 0 Å². The molecule has 2 N–H and O–H groups in total. The molecular weight excluding hydrogens is 292 g/mol. The van der Waals surface area contributed by atoms with Crippen LogP contribution in [0.3, 0.4) is 0 Å². The van der Waals surface area contributed by atoms with Crippen molar-refractivity contribution < 1.29 is 9.59 Å². The average molecular weight is 318 g/mol. The number of nitrogens with zero attached hydrogens (tertiary/aromatic N) is 2. The molecule has 1 aliphatic heterocycles. The number of urea groups is 1. The van der Waals surface area contributed by atoms with E-state index in [1.54, 1.807) is 24.5 Å². The van der Waals surface area contributed by atoms with Crippen molar-refractivity contribution in [2.24, 2.45) is 5.92 Å². The molecule has 2 rings (SSSR count). The van der Waals surface area contributed by atoms with Crippen LogP contribution in [-0.2, 0) is 0 Å². The van der Waals surface area contributed by atoms with Gasteiger partial charge in [-0.3, -0.25) is 9.78 Å². The third kappa shape index (κ3) is 5.54. The van der Waals surface area contributed by atoms with E-state index in [0.717, 1.165) is 25.9 Å². The molecule has 0 atom stereocenters. The van der Waals surface area contributed by atoms with Gasteiger partial charge in [-0.15, -0.1) is 0 Å². The lowest BCUT2D eigenvalue weighted by molar-refractivity contribution is 0.0937. The third-order valence-electron chi connectivity index (χ3n) is 3.86. The van der Waals surface area contributed by atoms with Crippen LogP contribution in [-0.4, -0.2) is 47.0 Å². The van der Waals surface area contributed by atoms with Gasteiger partial charge in [-0.25, -0.2) is 4.79 Å². The van der Waals surface area contributed by atoms with E-state index in [4.69, 9.17) is 0 Å². The summed E-state index contributed by atoms with van der Waals surface area (Å²) < 4.78 is 0. The zero-order valence-corrected chi connectivity index (χ0v) is 14.1. The molecule has 0 radical (unpaired) electrons. The lowest BCUT2D eigenvalue weighted by atomic mass is 9.97. The van der Waals surface area contributed by atoms with Crippen molar-refractivity contribution in [3.8, 4) is 0 Å². The minimum atomic E-state index is -0.217. The molecule has 1 aromatic rings. The zero-order valence-electron chi connectivity index (χ0n) is 14.1. The lowest BCUT2D eigenvalue weighted by Gasteiger charge is -2.34. The van der Waals surface area contributed by atoms with Gasteiger partial charge >= 0.3 is 6.03 Å². The number of hydrogen-bond donors (Lipinski definition) is 2. The van der Waals surface area contributed by atoms with Crippen molar-refractivity contribution in [3.05, 3.63) is 30.1 Å². The Balaban J connectivity index is 1.73. The van der Waals surface area contributed by atoms with Gasteiger partial charge in [-0.1, -0.05) is 0 Å². The summed E-state index contributed by atoms with van der Waals surface area (Å²) >= 11 is 0. The van der Waals surface area contributed by atoms with Crippen molar-refractivity contribution in [1.29, 1.82) is 0 Å². The van der Waals surface area contributed by atoms with Crippen LogP contribution >= 0.6 is 0 Å². The van der Waals surface area contributed by atoms with Crippen LogP contribution < -0.4 is 10.6 Å². The lowest BCUT2D eigenvalue weighted by Crippen LogP contribution is -2.51. The molecule has 0 spiro atoms. The number of pyridine rings is 1. The van der Waals surface area contributed by atoms with Crippen molar-refractivity contribution in [1.82, 2.24) is 20.5 Å². The van der Waals surface area contributed by atoms with E-state index in [0.29, 0.717) is 18.0 Å². The third-order valence-corrected chi connectivity index (χ3v) is 3.86. The minimum absolute atomic E-state index is 0.00431. The first-order valence-electron chi connectivity index (χ1n) is 8.10. The maximum absolute atomic E-state index is 12.1. The number of aromatic nitrogens is 1. The van der Waals surface area contributed by atoms with E-state index in [1.165, 1.54) is 0 Å². The summed E-state index contributed by atoms with van der Waals surface area (Å²) in [5.74, 6) is 0.320. The van der Waals surface area contributed by atoms with Crippen LogP contribution in [0.1, 0.15) is 44.0 Å². The number of carbonyl (C=O) groups is 2. The van der Waals surface area contributed by atoms with E-state index >= 15 is 0 Å². The van der Waals surface area contributed by atoms with Crippen molar-refractivity contribution >= 4 is 11.9 Å². The van der Waals surface area contributed by atoms with Gasteiger partial charge in [0.2, 0.25) is 0 Å². The molecule has 6 nitrogen and oxygen atoms in total. The SMILES string of the molecule is CC(C)(C)NC(=O)N1CCC(CNC(=O)c2cccnc2)CC1. The molecule has 2 heterocycles. The number of nitrogens with one attached hydrogen (secondary N) is 2. The fourth-order valence-electron chi connectivity index (χ4n) is 2.58. The maximum Gasteiger partial charge on any atom is 0.317 e. The van der Waals surface area contributed by atoms with Gasteiger partial charge in [0.15, 0.2) is 0 Å². The monoisotopic (exact) mass is 318 g/mol. The number of likely N-dealkylation sites (tertiary alicyclic amines) is 1. The summed E-state index contributed by atoms with van der Waals surface area (Å²) in [6, 6.07) is 3.50. The minimum Gasteiger partial charge on any atom is -0.352 e. The number of hydrogen-bond acceptors (Lipinski definition) is 3. The topological polar surface area (TPSA) is 74.3 Å². The van der Waals surface area contributed by atoms with E-state index < -0.39 is 0 Å². The van der Waals surface area contributed by atoms with Crippen LogP contribution in [0.25, 0.3) is 0 Å². The van der Waals surface area contributed by atoms with Gasteiger partial charge in [0.05, 0.1) is 5.56 Å². The van der Waals surface area contributed by atoms with E-state index in [-0.39, 0.29) is 17.5 Å². The molecule has 23 heavy (non-hydrogen) atoms. The second-order valence-corrected chi connectivity index (χ2v) is 7.06. The Morgan fingerprint density at radius 1 is 1.30 bits per heavy atom. The van der Waals surface area contributed by atoms with Crippen LogP contribution in [0.15, 0.2) is 24.5 Å². The average Bonchev–Trinajstić information content (AvgIpc) is 2.52. The predicted molar refractivity (Wildman–Crippen MR) is 89.2 cm³/mol. The Kier molecular flexibility index (Phi) is 5.58. The first-order chi connectivity index (χ1) is 10.8. The first-order valence-corrected chi connectivity index (χ1v) is 8.10. The van der Waals surface area contributed by atoms with Crippen LogP contribution in [0.2, 0.25) is 0 Å². The van der Waals surface area contributed by atoms with Gasteiger partial charge in [0.25, 0.3) is 5.91 Å². The fourth-order valence-corrected chi connectivity index (χ4v) is 2.58. The molecule has 0 aliphatic carbocycles. The summed E-state index contributed by atoms with van der Waals surface area (Å²) in [5, 5.41) is 5.94. The molecule has 6 heteroatoms. The highest BCUT2D eigenvalue weighted by atomic mass is 16.2. The Morgan fingerprint density at radius 3 is 2.57 bits per heavy atom. The number of amides is 3. The normalized spacial score (nSPS) is 16.0. The first kappa shape index (κ1) is 17.2. The second kappa shape index (κ2) is 7.44. The van der Waals surface area contributed by atoms with Gasteiger partial charge in [-0.2, -0.15) is 0 Å². The molecular formula is C17H26N4O2. The van der Waals surface area contributed by atoms with E-state index in [2.05, 4.69) is 15.6 Å². The van der Waals surface area contributed by atoms with Gasteiger partial charge in [0.1, 0.15) is 0 Å².